The molecule has 8 nitrogen and oxygen atoms in total. The van der Waals surface area contributed by atoms with Gasteiger partial charge in [-0.1, -0.05) is 11.2 Å². The van der Waals surface area contributed by atoms with Crippen LogP contribution in [0.1, 0.15) is 40.8 Å². The minimum Gasteiger partial charge on any atom is -0.336 e. The van der Waals surface area contributed by atoms with E-state index in [1.54, 1.807) is 0 Å². The Balaban J connectivity index is 1.58. The first-order chi connectivity index (χ1) is 19.3. The first-order valence-corrected chi connectivity index (χ1v) is 11.9. The van der Waals surface area contributed by atoms with Gasteiger partial charge in [0.05, 0.1) is 24.6 Å². The summed E-state index contributed by atoms with van der Waals surface area (Å²) in [5.41, 5.74) is -1.77. The van der Waals surface area contributed by atoms with E-state index in [1.807, 2.05) is 0 Å². The second-order valence-corrected chi connectivity index (χ2v) is 8.99. The summed E-state index contributed by atoms with van der Waals surface area (Å²) in [5, 5.41) is 3.47. The lowest BCUT2D eigenvalue weighted by atomic mass is 9.86. The summed E-state index contributed by atoms with van der Waals surface area (Å²) < 4.78 is 111. The number of hydrogen-bond donors (Lipinski definition) is 0. The van der Waals surface area contributed by atoms with Crippen molar-refractivity contribution in [2.75, 3.05) is 19.8 Å². The van der Waals surface area contributed by atoms with E-state index in [4.69, 9.17) is 4.84 Å². The lowest BCUT2D eigenvalue weighted by molar-refractivity contribution is -0.145. The maximum atomic E-state index is 15.5. The number of halogens is 8. The Kier molecular flexibility index (Phi) is 8.49. The van der Waals surface area contributed by atoms with Gasteiger partial charge in [-0.2, -0.15) is 18.2 Å². The van der Waals surface area contributed by atoms with Gasteiger partial charge < -0.3 is 9.74 Å². The average Bonchev–Trinajstić information content (AvgIpc) is 2.91. The van der Waals surface area contributed by atoms with Crippen LogP contribution in [-0.4, -0.2) is 62.1 Å². The molecule has 0 saturated carbocycles. The third-order valence-electron chi connectivity index (χ3n) is 6.18. The van der Waals surface area contributed by atoms with Crippen LogP contribution in [0.4, 0.5) is 35.1 Å². The summed E-state index contributed by atoms with van der Waals surface area (Å²) in [7, 11) is 0. The van der Waals surface area contributed by atoms with Crippen molar-refractivity contribution in [3.8, 4) is 5.88 Å². The molecule has 0 N–H and O–H groups in total. The van der Waals surface area contributed by atoms with E-state index in [0.29, 0.717) is 0 Å². The third kappa shape index (κ3) is 6.74. The normalized spacial score (nSPS) is 17.4. The zero-order chi connectivity index (χ0) is 29.9. The lowest BCUT2D eigenvalue weighted by Crippen LogP contribution is -2.50. The van der Waals surface area contributed by atoms with E-state index in [1.165, 1.54) is 6.92 Å². The van der Waals surface area contributed by atoms with Crippen molar-refractivity contribution in [1.29, 1.82) is 0 Å². The number of carbonyl (C=O) groups is 1. The molecular weight excluding hydrogens is 568 g/mol. The SMILES string of the molecule is Cc1ncc(C(CF)=NOc2ccnc(C(F)(F)F)n2)c(C2CCN(C(=O)Cc3c(F)cccc3F)CC2(F)F)n1. The Morgan fingerprint density at radius 3 is 2.49 bits per heavy atom. The lowest BCUT2D eigenvalue weighted by Gasteiger charge is -2.38. The molecule has 1 aromatic carbocycles. The number of amides is 1. The zero-order valence-corrected chi connectivity index (χ0v) is 21.1. The van der Waals surface area contributed by atoms with Crippen LogP contribution in [0.5, 0.6) is 5.88 Å². The molecule has 0 radical (unpaired) electrons. The van der Waals surface area contributed by atoms with Crippen molar-refractivity contribution in [3.05, 3.63) is 76.8 Å². The van der Waals surface area contributed by atoms with Gasteiger partial charge in [0.1, 0.15) is 29.8 Å². The quantitative estimate of drug-likeness (QED) is 0.223. The number of piperidine rings is 1. The molecule has 1 aliphatic heterocycles. The number of oxime groups is 1. The van der Waals surface area contributed by atoms with Crippen LogP contribution in [0.3, 0.4) is 0 Å². The number of carbonyl (C=O) groups excluding carboxylic acids is 1. The standard InChI is InChI=1S/C25H20F8N6O2/c1-13-35-11-15(19(10-26)38-41-20-5-7-34-23(37-20)25(31,32)33)22(36-13)16-6-8-39(12-24(16,29)30)21(40)9-14-17(27)3-2-4-18(14)28/h2-5,7,11,16H,6,8-10,12H2,1H3. The summed E-state index contributed by atoms with van der Waals surface area (Å²) in [6.45, 7) is -1.35. The molecule has 4 rings (SSSR count). The number of aromatic nitrogens is 4. The molecule has 3 aromatic rings. The minimum atomic E-state index is -4.89. The van der Waals surface area contributed by atoms with E-state index >= 15 is 8.78 Å². The maximum Gasteiger partial charge on any atom is 0.451 e. The third-order valence-corrected chi connectivity index (χ3v) is 6.18. The molecule has 16 heteroatoms. The first kappa shape index (κ1) is 29.7. The monoisotopic (exact) mass is 588 g/mol. The van der Waals surface area contributed by atoms with Gasteiger partial charge in [-0.25, -0.2) is 36.9 Å². The van der Waals surface area contributed by atoms with Gasteiger partial charge in [-0.3, -0.25) is 4.79 Å². The van der Waals surface area contributed by atoms with Gasteiger partial charge in [0.25, 0.3) is 11.8 Å². The highest BCUT2D eigenvalue weighted by Gasteiger charge is 2.48. The van der Waals surface area contributed by atoms with E-state index < -0.39 is 78.2 Å². The van der Waals surface area contributed by atoms with Gasteiger partial charge in [0, 0.05) is 36.1 Å². The van der Waals surface area contributed by atoms with Crippen LogP contribution in [0.25, 0.3) is 0 Å². The summed E-state index contributed by atoms with van der Waals surface area (Å²) in [6, 6.07) is 3.92. The van der Waals surface area contributed by atoms with E-state index in [2.05, 4.69) is 25.1 Å². The van der Waals surface area contributed by atoms with E-state index in [0.717, 1.165) is 41.6 Å². The van der Waals surface area contributed by atoms with Crippen LogP contribution < -0.4 is 4.84 Å². The Bertz CT molecular complexity index is 1450. The highest BCUT2D eigenvalue weighted by atomic mass is 19.4. The average molecular weight is 588 g/mol. The van der Waals surface area contributed by atoms with Gasteiger partial charge in [0.2, 0.25) is 11.7 Å². The van der Waals surface area contributed by atoms with Crippen molar-refractivity contribution < 1.29 is 44.8 Å². The van der Waals surface area contributed by atoms with E-state index in [-0.39, 0.29) is 30.0 Å². The molecule has 1 unspecified atom stereocenters. The fraction of sp³-hybridized carbons (Fsp3) is 0.360. The summed E-state index contributed by atoms with van der Waals surface area (Å²) in [5.74, 6) is -10.4. The highest BCUT2D eigenvalue weighted by Crippen LogP contribution is 2.41. The highest BCUT2D eigenvalue weighted by molar-refractivity contribution is 6.02. The fourth-order valence-corrected chi connectivity index (χ4v) is 4.21. The molecule has 41 heavy (non-hydrogen) atoms. The van der Waals surface area contributed by atoms with Crippen molar-refractivity contribution in [2.45, 2.75) is 37.8 Å². The molecule has 1 aliphatic rings. The number of alkyl halides is 6. The summed E-state index contributed by atoms with van der Waals surface area (Å²) in [4.78, 5) is 32.4. The van der Waals surface area contributed by atoms with Crippen LogP contribution in [0.15, 0.2) is 41.8 Å². The predicted octanol–water partition coefficient (Wildman–Crippen LogP) is 4.82. The van der Waals surface area contributed by atoms with E-state index in [9.17, 15) is 31.1 Å². The second kappa shape index (κ2) is 11.7. The molecule has 0 bridgehead atoms. The van der Waals surface area contributed by atoms with Crippen molar-refractivity contribution in [3.63, 3.8) is 0 Å². The Hall–Kier alpha value is -4.24. The fourth-order valence-electron chi connectivity index (χ4n) is 4.21. The molecule has 1 saturated heterocycles. The van der Waals surface area contributed by atoms with Crippen LogP contribution in [-0.2, 0) is 17.4 Å². The molecule has 1 atom stereocenters. The minimum absolute atomic E-state index is 0.0535. The number of likely N-dealkylation sites (tertiary alicyclic amines) is 1. The molecule has 3 heterocycles. The zero-order valence-electron chi connectivity index (χ0n) is 21.1. The molecule has 1 amide bonds. The van der Waals surface area contributed by atoms with Crippen molar-refractivity contribution in [2.24, 2.45) is 5.16 Å². The molecular formula is C25H20F8N6O2. The first-order valence-electron chi connectivity index (χ1n) is 11.9. The number of rotatable bonds is 7. The molecule has 2 aromatic heterocycles. The van der Waals surface area contributed by atoms with Crippen LogP contribution in [0, 0.1) is 18.6 Å². The van der Waals surface area contributed by atoms with Gasteiger partial charge in [0.15, 0.2) is 0 Å². The number of aryl methyl sites for hydroxylation is 1. The summed E-state index contributed by atoms with van der Waals surface area (Å²) >= 11 is 0. The second-order valence-electron chi connectivity index (χ2n) is 8.99. The van der Waals surface area contributed by atoms with Gasteiger partial charge in [-0.15, -0.1) is 0 Å². The largest absolute Gasteiger partial charge is 0.451 e. The molecule has 0 spiro atoms. The predicted molar refractivity (Wildman–Crippen MR) is 126 cm³/mol. The Morgan fingerprint density at radius 2 is 1.85 bits per heavy atom. The molecule has 218 valence electrons. The van der Waals surface area contributed by atoms with Crippen molar-refractivity contribution in [1.82, 2.24) is 24.8 Å². The smallest absolute Gasteiger partial charge is 0.336 e. The number of benzene rings is 1. The summed E-state index contributed by atoms with van der Waals surface area (Å²) in [6.07, 6.45) is -4.27. The van der Waals surface area contributed by atoms with Crippen LogP contribution in [0.2, 0.25) is 0 Å². The Morgan fingerprint density at radius 1 is 1.15 bits per heavy atom. The Labute approximate surface area is 227 Å². The number of nitrogens with zero attached hydrogens (tertiary/aromatic N) is 6. The number of hydrogen-bond acceptors (Lipinski definition) is 7. The van der Waals surface area contributed by atoms with Crippen LogP contribution >= 0.6 is 0 Å². The maximum absolute atomic E-state index is 15.5. The van der Waals surface area contributed by atoms with Gasteiger partial charge >= 0.3 is 6.18 Å². The topological polar surface area (TPSA) is 93.5 Å². The molecule has 1 fully saturated rings. The van der Waals surface area contributed by atoms with Crippen molar-refractivity contribution >= 4 is 11.6 Å². The molecule has 0 aliphatic carbocycles. The van der Waals surface area contributed by atoms with Gasteiger partial charge in [-0.05, 0) is 25.5 Å².